The third kappa shape index (κ3) is 5.97. The maximum Gasteiger partial charge on any atom is 0.169 e. The van der Waals surface area contributed by atoms with Crippen molar-refractivity contribution < 1.29 is 0 Å². The van der Waals surface area contributed by atoms with Crippen LogP contribution in [0.15, 0.2) is 66.7 Å². The number of nitrogens with one attached hydrogen (secondary N) is 1. The van der Waals surface area contributed by atoms with E-state index in [4.69, 9.17) is 12.2 Å². The first kappa shape index (κ1) is 18.6. The Morgan fingerprint density at radius 1 is 0.923 bits per heavy atom. The lowest BCUT2D eigenvalue weighted by Crippen LogP contribution is -2.51. The molecule has 3 rings (SSSR count). The Bertz CT molecular complexity index is 692. The zero-order chi connectivity index (χ0) is 18.0. The minimum absolute atomic E-state index is 0.889. The lowest BCUT2D eigenvalue weighted by molar-refractivity contribution is 0.197. The molecule has 4 heteroatoms. The van der Waals surface area contributed by atoms with E-state index in [0.717, 1.165) is 50.8 Å². The van der Waals surface area contributed by atoms with E-state index in [0.29, 0.717) is 0 Å². The summed E-state index contributed by atoms with van der Waals surface area (Å²) < 4.78 is 0. The largest absolute Gasteiger partial charge is 0.362 e. The Morgan fingerprint density at radius 3 is 2.27 bits per heavy atom. The molecule has 0 unspecified atom stereocenters. The lowest BCUT2D eigenvalue weighted by Gasteiger charge is -2.35. The highest BCUT2D eigenvalue weighted by molar-refractivity contribution is 7.80. The van der Waals surface area contributed by atoms with Gasteiger partial charge in [-0.25, -0.2) is 0 Å². The van der Waals surface area contributed by atoms with Gasteiger partial charge in [0.25, 0.3) is 0 Å². The summed E-state index contributed by atoms with van der Waals surface area (Å²) in [6.07, 6.45) is 5.45. The van der Waals surface area contributed by atoms with E-state index in [1.807, 2.05) is 6.07 Å². The fraction of sp³-hybridized carbons (Fsp3) is 0.318. The molecule has 26 heavy (non-hydrogen) atoms. The first-order valence-corrected chi connectivity index (χ1v) is 9.73. The standard InChI is InChI=1S/C22H27N3S/c26-22(23-14-13-21-10-5-2-6-11-21)25-18-16-24(17-19-25)15-7-12-20-8-3-1-4-9-20/h1-12H,13-19H2,(H,23,26)/b12-7+. The number of hydrogen-bond donors (Lipinski definition) is 1. The molecule has 2 aromatic carbocycles. The summed E-state index contributed by atoms with van der Waals surface area (Å²) in [6.45, 7) is 5.99. The molecule has 1 heterocycles. The summed E-state index contributed by atoms with van der Waals surface area (Å²) in [5.74, 6) is 0. The number of piperazine rings is 1. The van der Waals surface area contributed by atoms with Crippen molar-refractivity contribution in [1.29, 1.82) is 0 Å². The van der Waals surface area contributed by atoms with E-state index in [-0.39, 0.29) is 0 Å². The zero-order valence-electron chi connectivity index (χ0n) is 15.2. The van der Waals surface area contributed by atoms with Crippen LogP contribution in [0.2, 0.25) is 0 Å². The molecule has 0 spiro atoms. The van der Waals surface area contributed by atoms with Gasteiger partial charge < -0.3 is 10.2 Å². The van der Waals surface area contributed by atoms with E-state index >= 15 is 0 Å². The molecule has 0 bridgehead atoms. The Labute approximate surface area is 162 Å². The van der Waals surface area contributed by atoms with Crippen molar-refractivity contribution in [2.24, 2.45) is 0 Å². The number of nitrogens with zero attached hydrogens (tertiary/aromatic N) is 2. The van der Waals surface area contributed by atoms with Crippen LogP contribution in [-0.2, 0) is 6.42 Å². The monoisotopic (exact) mass is 365 g/mol. The SMILES string of the molecule is S=C(NCCc1ccccc1)N1CCN(C/C=C/c2ccccc2)CC1. The third-order valence-electron chi connectivity index (χ3n) is 4.67. The molecule has 1 N–H and O–H groups in total. The molecular formula is C22H27N3S. The van der Waals surface area contributed by atoms with Gasteiger partial charge in [-0.2, -0.15) is 0 Å². The van der Waals surface area contributed by atoms with Crippen LogP contribution in [-0.4, -0.2) is 54.2 Å². The average molecular weight is 366 g/mol. The molecule has 1 aliphatic rings. The van der Waals surface area contributed by atoms with Crippen molar-refractivity contribution in [2.75, 3.05) is 39.3 Å². The van der Waals surface area contributed by atoms with Gasteiger partial charge >= 0.3 is 0 Å². The second kappa shape index (κ2) is 10.1. The summed E-state index contributed by atoms with van der Waals surface area (Å²) in [5, 5.41) is 4.29. The summed E-state index contributed by atoms with van der Waals surface area (Å²) >= 11 is 5.56. The topological polar surface area (TPSA) is 18.5 Å². The smallest absolute Gasteiger partial charge is 0.169 e. The van der Waals surface area contributed by atoms with Crippen LogP contribution in [0.25, 0.3) is 6.08 Å². The maximum absolute atomic E-state index is 5.56. The predicted molar refractivity (Wildman–Crippen MR) is 114 cm³/mol. The quantitative estimate of drug-likeness (QED) is 0.790. The normalized spacial score (nSPS) is 15.3. The Morgan fingerprint density at radius 2 is 1.58 bits per heavy atom. The highest BCUT2D eigenvalue weighted by Crippen LogP contribution is 2.05. The molecule has 0 saturated carbocycles. The van der Waals surface area contributed by atoms with Crippen molar-refractivity contribution in [3.8, 4) is 0 Å². The van der Waals surface area contributed by atoms with E-state index in [1.54, 1.807) is 0 Å². The first-order chi connectivity index (χ1) is 12.8. The molecule has 0 atom stereocenters. The third-order valence-corrected chi connectivity index (χ3v) is 5.07. The molecule has 0 amide bonds. The highest BCUT2D eigenvalue weighted by Gasteiger charge is 2.17. The molecule has 0 aromatic heterocycles. The zero-order valence-corrected chi connectivity index (χ0v) is 16.0. The van der Waals surface area contributed by atoms with E-state index in [2.05, 4.69) is 81.9 Å². The summed E-state index contributed by atoms with van der Waals surface area (Å²) in [7, 11) is 0. The van der Waals surface area contributed by atoms with Crippen molar-refractivity contribution in [3.63, 3.8) is 0 Å². The molecule has 3 nitrogen and oxygen atoms in total. The summed E-state index contributed by atoms with van der Waals surface area (Å²) in [4.78, 5) is 4.76. The lowest BCUT2D eigenvalue weighted by atomic mass is 10.1. The van der Waals surface area contributed by atoms with Crippen LogP contribution in [0.4, 0.5) is 0 Å². The van der Waals surface area contributed by atoms with Gasteiger partial charge in [-0.1, -0.05) is 72.8 Å². The molecule has 0 aliphatic carbocycles. The van der Waals surface area contributed by atoms with E-state index < -0.39 is 0 Å². The Kier molecular flexibility index (Phi) is 7.23. The Balaban J connectivity index is 1.34. The summed E-state index contributed by atoms with van der Waals surface area (Å²) in [5.41, 5.74) is 2.60. The molecule has 2 aromatic rings. The molecule has 1 saturated heterocycles. The van der Waals surface area contributed by atoms with Gasteiger partial charge in [0, 0.05) is 39.3 Å². The molecule has 136 valence electrons. The van der Waals surface area contributed by atoms with Gasteiger partial charge in [0.05, 0.1) is 0 Å². The average Bonchev–Trinajstić information content (AvgIpc) is 2.70. The second-order valence-electron chi connectivity index (χ2n) is 6.57. The van der Waals surface area contributed by atoms with Crippen molar-refractivity contribution in [2.45, 2.75) is 6.42 Å². The Hall–Kier alpha value is -2.17. The maximum atomic E-state index is 5.56. The van der Waals surface area contributed by atoms with Crippen LogP contribution in [0, 0.1) is 0 Å². The highest BCUT2D eigenvalue weighted by atomic mass is 32.1. The van der Waals surface area contributed by atoms with Crippen LogP contribution in [0.1, 0.15) is 11.1 Å². The number of hydrogen-bond acceptors (Lipinski definition) is 2. The van der Waals surface area contributed by atoms with Crippen molar-refractivity contribution >= 4 is 23.4 Å². The van der Waals surface area contributed by atoms with Gasteiger partial charge in [0.2, 0.25) is 0 Å². The molecule has 1 fully saturated rings. The minimum atomic E-state index is 0.889. The van der Waals surface area contributed by atoms with Gasteiger partial charge in [0.1, 0.15) is 0 Å². The number of rotatable bonds is 6. The van der Waals surface area contributed by atoms with Crippen molar-refractivity contribution in [1.82, 2.24) is 15.1 Å². The van der Waals surface area contributed by atoms with Crippen LogP contribution < -0.4 is 5.32 Å². The van der Waals surface area contributed by atoms with Crippen LogP contribution in [0.5, 0.6) is 0 Å². The number of thiocarbonyl (C=S) groups is 1. The fourth-order valence-electron chi connectivity index (χ4n) is 3.11. The molecule has 0 radical (unpaired) electrons. The van der Waals surface area contributed by atoms with Gasteiger partial charge in [-0.15, -0.1) is 0 Å². The van der Waals surface area contributed by atoms with E-state index in [1.165, 1.54) is 11.1 Å². The van der Waals surface area contributed by atoms with Crippen molar-refractivity contribution in [3.05, 3.63) is 77.9 Å². The second-order valence-corrected chi connectivity index (χ2v) is 6.95. The van der Waals surface area contributed by atoms with Crippen LogP contribution in [0.3, 0.4) is 0 Å². The van der Waals surface area contributed by atoms with Gasteiger partial charge in [0.15, 0.2) is 5.11 Å². The van der Waals surface area contributed by atoms with E-state index in [9.17, 15) is 0 Å². The van der Waals surface area contributed by atoms with Crippen LogP contribution >= 0.6 is 12.2 Å². The van der Waals surface area contributed by atoms with Gasteiger partial charge in [-0.3, -0.25) is 4.90 Å². The number of benzene rings is 2. The first-order valence-electron chi connectivity index (χ1n) is 9.32. The fourth-order valence-corrected chi connectivity index (χ4v) is 3.39. The molecular weight excluding hydrogens is 338 g/mol. The molecule has 1 aliphatic heterocycles. The minimum Gasteiger partial charge on any atom is -0.362 e. The predicted octanol–water partition coefficient (Wildman–Crippen LogP) is 3.43. The van der Waals surface area contributed by atoms with Gasteiger partial charge in [-0.05, 0) is 29.8 Å². The summed E-state index contributed by atoms with van der Waals surface area (Å²) in [6, 6.07) is 21.0.